The summed E-state index contributed by atoms with van der Waals surface area (Å²) in [5.74, 6) is 0.163. The summed E-state index contributed by atoms with van der Waals surface area (Å²) in [7, 11) is 0. The fraction of sp³-hybridized carbons (Fsp3) is 0.400. The van der Waals surface area contributed by atoms with E-state index in [4.69, 9.17) is 21.6 Å². The van der Waals surface area contributed by atoms with Crippen molar-refractivity contribution in [2.24, 2.45) is 5.92 Å². The largest absolute Gasteiger partial charge is 0.482 e. The highest BCUT2D eigenvalue weighted by Gasteiger charge is 2.10. The van der Waals surface area contributed by atoms with Crippen LogP contribution in [0.4, 0.5) is 4.79 Å². The van der Waals surface area contributed by atoms with Gasteiger partial charge in [0.15, 0.2) is 6.61 Å². The number of nitrogens with one attached hydrogen (secondary N) is 2. The summed E-state index contributed by atoms with van der Waals surface area (Å²) in [5, 5.41) is 13.7. The molecule has 0 aliphatic heterocycles. The average molecular weight is 324 g/mol. The molecule has 3 amide bonds. The maximum absolute atomic E-state index is 11.6. The third-order valence-electron chi connectivity index (χ3n) is 2.68. The van der Waals surface area contributed by atoms with E-state index in [1.807, 2.05) is 19.9 Å². The van der Waals surface area contributed by atoms with Crippen LogP contribution >= 0.6 is 11.6 Å². The Morgan fingerprint density at radius 3 is 2.73 bits per heavy atom. The second-order valence-corrected chi connectivity index (χ2v) is 5.44. The van der Waals surface area contributed by atoms with Crippen molar-refractivity contribution in [1.29, 1.82) is 5.26 Å². The number of carbonyl (C=O) groups excluding carboxylic acids is 2. The second-order valence-electron chi connectivity index (χ2n) is 5.03. The lowest BCUT2D eigenvalue weighted by atomic mass is 10.1. The molecule has 1 aromatic carbocycles. The zero-order valence-corrected chi connectivity index (χ0v) is 13.2. The molecule has 0 aliphatic rings. The Hall–Kier alpha value is -2.26. The fourth-order valence-electron chi connectivity index (χ4n) is 1.51. The highest BCUT2D eigenvalue weighted by molar-refractivity contribution is 6.32. The van der Waals surface area contributed by atoms with E-state index in [-0.39, 0.29) is 17.4 Å². The summed E-state index contributed by atoms with van der Waals surface area (Å²) in [6, 6.07) is 5.85. The number of ether oxygens (including phenoxy) is 1. The van der Waals surface area contributed by atoms with Crippen LogP contribution < -0.4 is 15.4 Å². The molecule has 0 radical (unpaired) electrons. The molecule has 0 bridgehead atoms. The number of halogens is 1. The third kappa shape index (κ3) is 6.46. The molecule has 6 nitrogen and oxygen atoms in total. The lowest BCUT2D eigenvalue weighted by molar-refractivity contribution is -0.122. The molecular formula is C15H18ClN3O3. The Morgan fingerprint density at radius 1 is 1.41 bits per heavy atom. The molecule has 7 heteroatoms. The monoisotopic (exact) mass is 323 g/mol. The minimum absolute atomic E-state index is 0.230. The summed E-state index contributed by atoms with van der Waals surface area (Å²) in [5.41, 5.74) is 0.395. The Balaban J connectivity index is 2.37. The lowest BCUT2D eigenvalue weighted by Crippen LogP contribution is -2.42. The van der Waals surface area contributed by atoms with Gasteiger partial charge in [0.25, 0.3) is 5.91 Å². The van der Waals surface area contributed by atoms with Gasteiger partial charge in [-0.1, -0.05) is 25.4 Å². The first kappa shape index (κ1) is 17.8. The fourth-order valence-corrected chi connectivity index (χ4v) is 1.75. The van der Waals surface area contributed by atoms with Crippen LogP contribution in [0.25, 0.3) is 0 Å². The van der Waals surface area contributed by atoms with Crippen LogP contribution in [0.3, 0.4) is 0 Å². The van der Waals surface area contributed by atoms with Crippen molar-refractivity contribution in [3.8, 4) is 11.8 Å². The molecular weight excluding hydrogens is 306 g/mol. The predicted octanol–water partition coefficient (Wildman–Crippen LogP) is 2.46. The van der Waals surface area contributed by atoms with Crippen LogP contribution in [0.1, 0.15) is 25.8 Å². The summed E-state index contributed by atoms with van der Waals surface area (Å²) < 4.78 is 5.21. The summed E-state index contributed by atoms with van der Waals surface area (Å²) in [4.78, 5) is 23.0. The zero-order valence-electron chi connectivity index (χ0n) is 12.5. The number of amides is 3. The summed E-state index contributed by atoms with van der Waals surface area (Å²) >= 11 is 5.91. The molecule has 22 heavy (non-hydrogen) atoms. The molecule has 0 saturated carbocycles. The van der Waals surface area contributed by atoms with Gasteiger partial charge >= 0.3 is 6.03 Å². The molecule has 0 atom stereocenters. The van der Waals surface area contributed by atoms with Gasteiger partial charge in [-0.2, -0.15) is 5.26 Å². The second kappa shape index (κ2) is 8.90. The van der Waals surface area contributed by atoms with Gasteiger partial charge < -0.3 is 10.1 Å². The summed E-state index contributed by atoms with van der Waals surface area (Å²) in [6.45, 7) is 4.24. The molecule has 1 rings (SSSR count). The smallest absolute Gasteiger partial charge is 0.321 e. The minimum atomic E-state index is -0.581. The van der Waals surface area contributed by atoms with Gasteiger partial charge in [-0.3, -0.25) is 10.1 Å². The van der Waals surface area contributed by atoms with Crippen molar-refractivity contribution >= 4 is 23.5 Å². The van der Waals surface area contributed by atoms with Crippen LogP contribution in [-0.2, 0) is 4.79 Å². The molecule has 118 valence electrons. The van der Waals surface area contributed by atoms with Crippen LogP contribution in [0.5, 0.6) is 5.75 Å². The first-order chi connectivity index (χ1) is 10.4. The van der Waals surface area contributed by atoms with E-state index in [2.05, 4.69) is 10.6 Å². The Kier molecular flexibility index (Phi) is 7.20. The molecule has 0 aromatic heterocycles. The number of hydrogen-bond acceptors (Lipinski definition) is 4. The van der Waals surface area contributed by atoms with E-state index in [0.717, 1.165) is 6.42 Å². The van der Waals surface area contributed by atoms with Crippen LogP contribution in [0.15, 0.2) is 18.2 Å². The number of hydrogen-bond donors (Lipinski definition) is 2. The summed E-state index contributed by atoms with van der Waals surface area (Å²) in [6.07, 6.45) is 0.832. The quantitative estimate of drug-likeness (QED) is 0.841. The van der Waals surface area contributed by atoms with Crippen LogP contribution in [0, 0.1) is 17.2 Å². The number of imide groups is 1. The van der Waals surface area contributed by atoms with Crippen molar-refractivity contribution in [3.05, 3.63) is 28.8 Å². The highest BCUT2D eigenvalue weighted by atomic mass is 35.5. The lowest BCUT2D eigenvalue weighted by Gasteiger charge is -2.10. The molecule has 0 spiro atoms. The molecule has 1 aromatic rings. The van der Waals surface area contributed by atoms with Crippen molar-refractivity contribution in [1.82, 2.24) is 10.6 Å². The normalized spacial score (nSPS) is 9.95. The number of rotatable bonds is 6. The number of nitriles is 1. The molecule has 0 aliphatic carbocycles. The van der Waals surface area contributed by atoms with Crippen molar-refractivity contribution in [2.75, 3.05) is 13.2 Å². The van der Waals surface area contributed by atoms with Gasteiger partial charge in [-0.05, 0) is 30.5 Å². The van der Waals surface area contributed by atoms with Gasteiger partial charge in [0.2, 0.25) is 0 Å². The van der Waals surface area contributed by atoms with E-state index < -0.39 is 11.9 Å². The van der Waals surface area contributed by atoms with Gasteiger partial charge in [-0.15, -0.1) is 0 Å². The first-order valence-corrected chi connectivity index (χ1v) is 7.20. The topological polar surface area (TPSA) is 91.2 Å². The maximum Gasteiger partial charge on any atom is 0.321 e. The molecule has 2 N–H and O–H groups in total. The van der Waals surface area contributed by atoms with E-state index in [0.29, 0.717) is 18.0 Å². The van der Waals surface area contributed by atoms with Crippen molar-refractivity contribution in [2.45, 2.75) is 20.3 Å². The number of benzene rings is 1. The SMILES string of the molecule is CC(C)CCNC(=O)NC(=O)COc1ccc(C#N)cc1Cl. The van der Waals surface area contributed by atoms with Crippen LogP contribution in [0.2, 0.25) is 5.02 Å². The van der Waals surface area contributed by atoms with Crippen molar-refractivity contribution < 1.29 is 14.3 Å². The predicted molar refractivity (Wildman–Crippen MR) is 82.7 cm³/mol. The molecule has 0 fully saturated rings. The van der Waals surface area contributed by atoms with E-state index >= 15 is 0 Å². The minimum Gasteiger partial charge on any atom is -0.482 e. The number of urea groups is 1. The Morgan fingerprint density at radius 2 is 2.14 bits per heavy atom. The van der Waals surface area contributed by atoms with E-state index in [1.54, 1.807) is 0 Å². The Bertz CT molecular complexity index is 582. The average Bonchev–Trinajstić information content (AvgIpc) is 2.45. The zero-order chi connectivity index (χ0) is 16.5. The number of nitrogens with zero attached hydrogens (tertiary/aromatic N) is 1. The van der Waals surface area contributed by atoms with E-state index in [9.17, 15) is 9.59 Å². The number of carbonyl (C=O) groups is 2. The molecule has 0 heterocycles. The van der Waals surface area contributed by atoms with Gasteiger partial charge in [0, 0.05) is 6.54 Å². The van der Waals surface area contributed by atoms with Gasteiger partial charge in [0.05, 0.1) is 16.7 Å². The molecule has 0 unspecified atom stereocenters. The van der Waals surface area contributed by atoms with Crippen molar-refractivity contribution in [3.63, 3.8) is 0 Å². The van der Waals surface area contributed by atoms with Gasteiger partial charge in [0.1, 0.15) is 5.75 Å². The van der Waals surface area contributed by atoms with E-state index in [1.165, 1.54) is 18.2 Å². The molecule has 0 saturated heterocycles. The van der Waals surface area contributed by atoms with Gasteiger partial charge in [-0.25, -0.2) is 4.79 Å². The third-order valence-corrected chi connectivity index (χ3v) is 2.98. The Labute approximate surface area is 134 Å². The van der Waals surface area contributed by atoms with Crippen LogP contribution in [-0.4, -0.2) is 25.1 Å². The highest BCUT2D eigenvalue weighted by Crippen LogP contribution is 2.24. The standard InChI is InChI=1S/C15H18ClN3O3/c1-10(2)5-6-18-15(21)19-14(20)9-22-13-4-3-11(8-17)7-12(13)16/h3-4,7,10H,5-6,9H2,1-2H3,(H2,18,19,20,21). The maximum atomic E-state index is 11.6. The first-order valence-electron chi connectivity index (χ1n) is 6.82.